The van der Waals surface area contributed by atoms with Gasteiger partial charge in [-0.2, -0.15) is 0 Å². The molecule has 8 nitrogen and oxygen atoms in total. The Kier molecular flexibility index (Phi) is 8.49. The lowest BCUT2D eigenvalue weighted by molar-refractivity contribution is -0.119. The predicted octanol–water partition coefficient (Wildman–Crippen LogP) is 2.91. The van der Waals surface area contributed by atoms with Gasteiger partial charge in [-0.3, -0.25) is 14.2 Å². The first-order valence-electron chi connectivity index (χ1n) is 10.6. The molecule has 2 aromatic heterocycles. The first kappa shape index (κ1) is 23.6. The number of amides is 2. The molecular formula is C23H29N5O3S. The van der Waals surface area contributed by atoms with E-state index < -0.39 is 5.91 Å². The van der Waals surface area contributed by atoms with E-state index in [4.69, 9.17) is 10.2 Å². The molecule has 0 fully saturated rings. The van der Waals surface area contributed by atoms with Crippen molar-refractivity contribution >= 4 is 23.6 Å². The van der Waals surface area contributed by atoms with Crippen LogP contribution in [0.25, 0.3) is 0 Å². The molecule has 2 amide bonds. The van der Waals surface area contributed by atoms with Gasteiger partial charge in [0.1, 0.15) is 11.6 Å². The third-order valence-electron chi connectivity index (χ3n) is 5.00. The van der Waals surface area contributed by atoms with Crippen molar-refractivity contribution in [2.45, 2.75) is 50.7 Å². The number of primary amides is 1. The van der Waals surface area contributed by atoms with Crippen LogP contribution in [0.3, 0.4) is 0 Å². The molecule has 3 rings (SSSR count). The number of nitrogens with zero attached hydrogens (tertiary/aromatic N) is 3. The summed E-state index contributed by atoms with van der Waals surface area (Å²) in [4.78, 5) is 23.5. The van der Waals surface area contributed by atoms with Crippen LogP contribution in [0.15, 0.2) is 52.2 Å². The molecule has 0 spiro atoms. The fourth-order valence-corrected chi connectivity index (χ4v) is 3.95. The number of furan rings is 1. The van der Waals surface area contributed by atoms with Crippen LogP contribution in [0.5, 0.6) is 0 Å². The molecule has 0 unspecified atom stereocenters. The minimum atomic E-state index is -0.398. The smallest absolute Gasteiger partial charge is 0.230 e. The summed E-state index contributed by atoms with van der Waals surface area (Å²) < 4.78 is 7.28. The molecule has 32 heavy (non-hydrogen) atoms. The van der Waals surface area contributed by atoms with Crippen LogP contribution in [0.4, 0.5) is 0 Å². The second kappa shape index (κ2) is 11.5. The van der Waals surface area contributed by atoms with Crippen molar-refractivity contribution < 1.29 is 14.0 Å². The SMILES string of the molecule is CC(C)c1ccc(CCNC(=O)CSc2nnc(CCC(N)=O)n2Cc2ccco2)cc1. The van der Waals surface area contributed by atoms with Crippen molar-refractivity contribution in [3.05, 3.63) is 65.4 Å². The average Bonchev–Trinajstić information content (AvgIpc) is 3.41. The fraction of sp³-hybridized carbons (Fsp3) is 0.391. The number of benzene rings is 1. The summed E-state index contributed by atoms with van der Waals surface area (Å²) in [6, 6.07) is 12.2. The number of hydrogen-bond acceptors (Lipinski definition) is 6. The molecule has 9 heteroatoms. The highest BCUT2D eigenvalue weighted by molar-refractivity contribution is 7.99. The van der Waals surface area contributed by atoms with Crippen molar-refractivity contribution in [1.82, 2.24) is 20.1 Å². The van der Waals surface area contributed by atoms with Gasteiger partial charge >= 0.3 is 0 Å². The van der Waals surface area contributed by atoms with E-state index in [0.29, 0.717) is 36.4 Å². The molecule has 1 aromatic carbocycles. The Morgan fingerprint density at radius 3 is 2.59 bits per heavy atom. The Bertz CT molecular complexity index is 1010. The monoisotopic (exact) mass is 455 g/mol. The van der Waals surface area contributed by atoms with Gasteiger partial charge in [-0.05, 0) is 35.6 Å². The second-order valence-electron chi connectivity index (χ2n) is 7.82. The number of carbonyl (C=O) groups is 2. The number of hydrogen-bond donors (Lipinski definition) is 2. The third-order valence-corrected chi connectivity index (χ3v) is 5.96. The fourth-order valence-electron chi connectivity index (χ4n) is 3.16. The van der Waals surface area contributed by atoms with Gasteiger partial charge in [0.15, 0.2) is 5.16 Å². The maximum atomic E-state index is 12.3. The minimum Gasteiger partial charge on any atom is -0.467 e. The average molecular weight is 456 g/mol. The Balaban J connectivity index is 1.52. The Labute approximate surface area is 192 Å². The van der Waals surface area contributed by atoms with Gasteiger partial charge in [0.05, 0.1) is 18.6 Å². The normalized spacial score (nSPS) is 11.1. The summed E-state index contributed by atoms with van der Waals surface area (Å²) in [6.45, 7) is 5.33. The van der Waals surface area contributed by atoms with Gasteiger partial charge in [-0.1, -0.05) is 49.9 Å². The first-order valence-corrected chi connectivity index (χ1v) is 11.6. The highest BCUT2D eigenvalue weighted by Crippen LogP contribution is 2.20. The van der Waals surface area contributed by atoms with Gasteiger partial charge in [0.25, 0.3) is 0 Å². The minimum absolute atomic E-state index is 0.0694. The molecule has 0 saturated carbocycles. The zero-order chi connectivity index (χ0) is 22.9. The maximum absolute atomic E-state index is 12.3. The second-order valence-corrected chi connectivity index (χ2v) is 8.76. The number of aromatic nitrogens is 3. The molecule has 3 aromatic rings. The summed E-state index contributed by atoms with van der Waals surface area (Å²) in [5.74, 6) is 1.63. The van der Waals surface area contributed by atoms with Gasteiger partial charge in [-0.25, -0.2) is 0 Å². The molecule has 0 bridgehead atoms. The Morgan fingerprint density at radius 1 is 1.16 bits per heavy atom. The van der Waals surface area contributed by atoms with E-state index in [1.54, 1.807) is 12.3 Å². The van der Waals surface area contributed by atoms with Crippen molar-refractivity contribution in [3.63, 3.8) is 0 Å². The number of rotatable bonds is 12. The van der Waals surface area contributed by atoms with Crippen LogP contribution in [0.1, 0.15) is 48.9 Å². The van der Waals surface area contributed by atoms with Crippen LogP contribution in [-0.4, -0.2) is 38.9 Å². The quantitative estimate of drug-likeness (QED) is 0.406. The topological polar surface area (TPSA) is 116 Å². The standard InChI is InChI=1S/C23H29N5O3S/c1-16(2)18-7-5-17(6-8-18)11-12-25-22(30)15-32-23-27-26-21(10-9-20(24)29)28(23)14-19-4-3-13-31-19/h3-8,13,16H,9-12,14-15H2,1-2H3,(H2,24,29)(H,25,30). The van der Waals surface area contributed by atoms with Gasteiger partial charge < -0.3 is 15.5 Å². The van der Waals surface area contributed by atoms with E-state index in [0.717, 1.165) is 12.2 Å². The van der Waals surface area contributed by atoms with Crippen molar-refractivity contribution in [3.8, 4) is 0 Å². The zero-order valence-corrected chi connectivity index (χ0v) is 19.2. The lowest BCUT2D eigenvalue weighted by atomic mass is 10.0. The summed E-state index contributed by atoms with van der Waals surface area (Å²) in [5, 5.41) is 11.9. The molecule has 0 atom stereocenters. The van der Waals surface area contributed by atoms with Crippen molar-refractivity contribution in [1.29, 1.82) is 0 Å². The zero-order valence-electron chi connectivity index (χ0n) is 18.4. The van der Waals surface area contributed by atoms with E-state index >= 15 is 0 Å². The van der Waals surface area contributed by atoms with Crippen LogP contribution in [0.2, 0.25) is 0 Å². The highest BCUT2D eigenvalue weighted by atomic mass is 32.2. The van der Waals surface area contributed by atoms with Gasteiger partial charge in [0.2, 0.25) is 11.8 Å². The van der Waals surface area contributed by atoms with Crippen LogP contribution < -0.4 is 11.1 Å². The van der Waals surface area contributed by atoms with E-state index in [1.807, 2.05) is 10.6 Å². The number of thioether (sulfide) groups is 1. The number of aryl methyl sites for hydroxylation is 1. The molecule has 170 valence electrons. The van der Waals surface area contributed by atoms with Crippen LogP contribution >= 0.6 is 11.8 Å². The summed E-state index contributed by atoms with van der Waals surface area (Å²) in [7, 11) is 0. The molecule has 2 heterocycles. The lowest BCUT2D eigenvalue weighted by Gasteiger charge is -2.09. The predicted molar refractivity (Wildman–Crippen MR) is 123 cm³/mol. The van der Waals surface area contributed by atoms with Gasteiger partial charge in [0, 0.05) is 19.4 Å². The highest BCUT2D eigenvalue weighted by Gasteiger charge is 2.16. The van der Waals surface area contributed by atoms with Gasteiger partial charge in [-0.15, -0.1) is 10.2 Å². The summed E-state index contributed by atoms with van der Waals surface area (Å²) in [6.07, 6.45) is 2.94. The van der Waals surface area contributed by atoms with E-state index in [2.05, 4.69) is 53.6 Å². The Hall–Kier alpha value is -3.07. The molecule has 0 radical (unpaired) electrons. The van der Waals surface area contributed by atoms with E-state index in [9.17, 15) is 9.59 Å². The Morgan fingerprint density at radius 2 is 1.94 bits per heavy atom. The van der Waals surface area contributed by atoms with E-state index in [1.165, 1.54) is 22.9 Å². The third kappa shape index (κ3) is 6.98. The molecule has 0 aliphatic carbocycles. The number of nitrogens with two attached hydrogens (primary N) is 1. The molecule has 3 N–H and O–H groups in total. The maximum Gasteiger partial charge on any atom is 0.230 e. The summed E-state index contributed by atoms with van der Waals surface area (Å²) >= 11 is 1.30. The molecule has 0 aliphatic rings. The number of carbonyl (C=O) groups excluding carboxylic acids is 2. The molecular weight excluding hydrogens is 426 g/mol. The molecule has 0 saturated heterocycles. The first-order chi connectivity index (χ1) is 15.4. The van der Waals surface area contributed by atoms with Crippen LogP contribution in [-0.2, 0) is 29.0 Å². The van der Waals surface area contributed by atoms with Crippen molar-refractivity contribution in [2.75, 3.05) is 12.3 Å². The van der Waals surface area contributed by atoms with Crippen molar-refractivity contribution in [2.24, 2.45) is 5.73 Å². The lowest BCUT2D eigenvalue weighted by Crippen LogP contribution is -2.27. The summed E-state index contributed by atoms with van der Waals surface area (Å²) in [5.41, 5.74) is 7.77. The van der Waals surface area contributed by atoms with E-state index in [-0.39, 0.29) is 18.1 Å². The molecule has 0 aliphatic heterocycles. The largest absolute Gasteiger partial charge is 0.467 e. The van der Waals surface area contributed by atoms with Crippen LogP contribution in [0, 0.1) is 0 Å². The number of nitrogens with one attached hydrogen (secondary N) is 1.